The number of fused-ring (bicyclic) bond motifs is 1. The third-order valence-corrected chi connectivity index (χ3v) is 4.48. The van der Waals surface area contributed by atoms with Gasteiger partial charge in [-0.1, -0.05) is 19.3 Å². The monoisotopic (exact) mass is 346 g/mol. The molecule has 1 amide bonds. The van der Waals surface area contributed by atoms with Crippen molar-refractivity contribution in [1.29, 1.82) is 0 Å². The lowest BCUT2D eigenvalue weighted by Gasteiger charge is -2.21. The van der Waals surface area contributed by atoms with Gasteiger partial charge >= 0.3 is 0 Å². The number of nitrogens with one attached hydrogen (secondary N) is 2. The molecule has 1 aliphatic rings. The highest BCUT2D eigenvalue weighted by atomic mass is 16.6. The quantitative estimate of drug-likeness (QED) is 0.455. The maximum Gasteiger partial charge on any atom is 0.272 e. The van der Waals surface area contributed by atoms with Gasteiger partial charge in [0.2, 0.25) is 0 Å². The largest absolute Gasteiger partial charge is 0.378 e. The fourth-order valence-corrected chi connectivity index (χ4v) is 3.13. The lowest BCUT2D eigenvalue weighted by atomic mass is 9.98. The average Bonchev–Trinajstić information content (AvgIpc) is 3.05. The summed E-state index contributed by atoms with van der Waals surface area (Å²) in [5, 5.41) is 20.8. The van der Waals surface area contributed by atoms with E-state index < -0.39 is 4.92 Å². The lowest BCUT2D eigenvalue weighted by molar-refractivity contribution is -0.384. The molecule has 8 nitrogen and oxygen atoms in total. The second-order valence-corrected chi connectivity index (χ2v) is 6.30. The smallest absolute Gasteiger partial charge is 0.272 e. The number of aromatic amines is 1. The number of amides is 1. The molecule has 25 heavy (non-hydrogen) atoms. The van der Waals surface area contributed by atoms with Crippen LogP contribution in [-0.4, -0.2) is 40.3 Å². The van der Waals surface area contributed by atoms with Gasteiger partial charge in [0.25, 0.3) is 11.6 Å². The third-order valence-electron chi connectivity index (χ3n) is 4.48. The van der Waals surface area contributed by atoms with Crippen LogP contribution in [0.25, 0.3) is 10.9 Å². The number of carbonyl (C=O) groups excluding carboxylic acids is 1. The van der Waals surface area contributed by atoms with Gasteiger partial charge in [-0.05, 0) is 25.3 Å². The molecule has 0 saturated heterocycles. The van der Waals surface area contributed by atoms with Crippen LogP contribution in [-0.2, 0) is 4.74 Å². The highest BCUT2D eigenvalue weighted by molar-refractivity contribution is 6.05. The minimum atomic E-state index is -0.489. The van der Waals surface area contributed by atoms with E-state index in [-0.39, 0.29) is 17.3 Å². The number of hydrogen-bond acceptors (Lipinski definition) is 5. The summed E-state index contributed by atoms with van der Waals surface area (Å²) in [6, 6.07) is 4.29. The van der Waals surface area contributed by atoms with E-state index in [9.17, 15) is 14.9 Å². The summed E-state index contributed by atoms with van der Waals surface area (Å²) in [4.78, 5) is 22.7. The molecule has 2 aromatic rings. The molecule has 1 aromatic heterocycles. The Morgan fingerprint density at radius 1 is 1.36 bits per heavy atom. The molecule has 3 rings (SSSR count). The SMILES string of the molecule is O=C(NCCCOC1CCCCC1)c1n[nH]c2ccc([N+](=O)[O-])cc12. The number of rotatable bonds is 7. The van der Waals surface area contributed by atoms with Crippen LogP contribution in [0.2, 0.25) is 0 Å². The van der Waals surface area contributed by atoms with Crippen molar-refractivity contribution in [2.24, 2.45) is 0 Å². The van der Waals surface area contributed by atoms with E-state index in [1.807, 2.05) is 0 Å². The standard InChI is InChI=1S/C17H22N4O4/c22-17(18-9-4-10-25-13-5-2-1-3-6-13)16-14-11-12(21(23)24)7-8-15(14)19-20-16/h7-8,11,13H,1-6,9-10H2,(H,18,22)(H,19,20). The van der Waals surface area contributed by atoms with Crippen LogP contribution < -0.4 is 5.32 Å². The summed E-state index contributed by atoms with van der Waals surface area (Å²) < 4.78 is 5.82. The van der Waals surface area contributed by atoms with Crippen LogP contribution >= 0.6 is 0 Å². The van der Waals surface area contributed by atoms with Gasteiger partial charge in [-0.15, -0.1) is 0 Å². The van der Waals surface area contributed by atoms with Crippen LogP contribution in [0, 0.1) is 10.1 Å². The van der Waals surface area contributed by atoms with E-state index in [2.05, 4.69) is 15.5 Å². The third kappa shape index (κ3) is 4.33. The molecule has 1 saturated carbocycles. The molecule has 0 unspecified atom stereocenters. The fraction of sp³-hybridized carbons (Fsp3) is 0.529. The van der Waals surface area contributed by atoms with Gasteiger partial charge in [-0.2, -0.15) is 5.10 Å². The predicted molar refractivity (Wildman–Crippen MR) is 92.5 cm³/mol. The van der Waals surface area contributed by atoms with E-state index in [0.717, 1.165) is 19.3 Å². The van der Waals surface area contributed by atoms with Gasteiger partial charge in [-0.3, -0.25) is 20.0 Å². The molecular weight excluding hydrogens is 324 g/mol. The van der Waals surface area contributed by atoms with Gasteiger partial charge in [0, 0.05) is 30.7 Å². The molecule has 0 atom stereocenters. The zero-order valence-corrected chi connectivity index (χ0v) is 14.0. The molecule has 1 aromatic carbocycles. The van der Waals surface area contributed by atoms with Crippen LogP contribution in [0.1, 0.15) is 49.0 Å². The molecule has 1 fully saturated rings. The number of carbonyl (C=O) groups is 1. The molecule has 2 N–H and O–H groups in total. The van der Waals surface area contributed by atoms with E-state index in [1.54, 1.807) is 6.07 Å². The van der Waals surface area contributed by atoms with Crippen molar-refractivity contribution in [3.8, 4) is 0 Å². The van der Waals surface area contributed by atoms with Crippen molar-refractivity contribution in [3.63, 3.8) is 0 Å². The Hall–Kier alpha value is -2.48. The topological polar surface area (TPSA) is 110 Å². The Kier molecular flexibility index (Phi) is 5.60. The van der Waals surface area contributed by atoms with Gasteiger partial charge in [0.05, 0.1) is 16.5 Å². The van der Waals surface area contributed by atoms with Gasteiger partial charge in [-0.25, -0.2) is 0 Å². The maximum absolute atomic E-state index is 12.3. The Labute approximate surface area is 145 Å². The zero-order valence-electron chi connectivity index (χ0n) is 14.0. The summed E-state index contributed by atoms with van der Waals surface area (Å²) in [7, 11) is 0. The fourth-order valence-electron chi connectivity index (χ4n) is 3.13. The van der Waals surface area contributed by atoms with Gasteiger partial charge in [0.15, 0.2) is 5.69 Å². The molecule has 0 aliphatic heterocycles. The van der Waals surface area contributed by atoms with E-state index in [4.69, 9.17) is 4.74 Å². The normalized spacial score (nSPS) is 15.4. The summed E-state index contributed by atoms with van der Waals surface area (Å²) in [5.74, 6) is -0.343. The lowest BCUT2D eigenvalue weighted by Crippen LogP contribution is -2.26. The second-order valence-electron chi connectivity index (χ2n) is 6.30. The molecule has 0 spiro atoms. The Morgan fingerprint density at radius 3 is 2.92 bits per heavy atom. The number of nitro benzene ring substituents is 1. The number of H-pyrrole nitrogens is 1. The van der Waals surface area contributed by atoms with Crippen molar-refractivity contribution in [1.82, 2.24) is 15.5 Å². The first kappa shape index (κ1) is 17.3. The van der Waals surface area contributed by atoms with Crippen LogP contribution in [0.5, 0.6) is 0 Å². The number of nitro groups is 1. The number of aromatic nitrogens is 2. The first-order valence-electron chi connectivity index (χ1n) is 8.67. The van der Waals surface area contributed by atoms with Crippen molar-refractivity contribution in [2.45, 2.75) is 44.6 Å². The first-order chi connectivity index (χ1) is 12.1. The molecular formula is C17H22N4O4. The number of nitrogens with zero attached hydrogens (tertiary/aromatic N) is 2. The van der Waals surface area contributed by atoms with E-state index in [1.165, 1.54) is 31.4 Å². The summed E-state index contributed by atoms with van der Waals surface area (Å²) in [5.41, 5.74) is 0.701. The van der Waals surface area contributed by atoms with Crippen molar-refractivity contribution in [2.75, 3.05) is 13.2 Å². The molecule has 0 radical (unpaired) electrons. The van der Waals surface area contributed by atoms with Crippen molar-refractivity contribution < 1.29 is 14.5 Å². The molecule has 0 bridgehead atoms. The summed E-state index contributed by atoms with van der Waals surface area (Å²) in [6.07, 6.45) is 7.12. The second kappa shape index (κ2) is 8.06. The van der Waals surface area contributed by atoms with Crippen LogP contribution in [0.15, 0.2) is 18.2 Å². The number of benzene rings is 1. The molecule has 1 aliphatic carbocycles. The van der Waals surface area contributed by atoms with Gasteiger partial charge in [0.1, 0.15) is 0 Å². The number of non-ortho nitro benzene ring substituents is 1. The number of hydrogen-bond donors (Lipinski definition) is 2. The Morgan fingerprint density at radius 2 is 2.16 bits per heavy atom. The zero-order chi connectivity index (χ0) is 17.6. The van der Waals surface area contributed by atoms with Crippen molar-refractivity contribution >= 4 is 22.5 Å². The van der Waals surface area contributed by atoms with Crippen LogP contribution in [0.4, 0.5) is 5.69 Å². The van der Waals surface area contributed by atoms with Gasteiger partial charge < -0.3 is 10.1 Å². The summed E-state index contributed by atoms with van der Waals surface area (Å²) in [6.45, 7) is 1.10. The minimum Gasteiger partial charge on any atom is -0.378 e. The van der Waals surface area contributed by atoms with E-state index in [0.29, 0.717) is 30.2 Å². The van der Waals surface area contributed by atoms with E-state index >= 15 is 0 Å². The molecule has 8 heteroatoms. The molecule has 134 valence electrons. The Balaban J connectivity index is 1.50. The van der Waals surface area contributed by atoms with Crippen LogP contribution in [0.3, 0.4) is 0 Å². The predicted octanol–water partition coefficient (Wildman–Crippen LogP) is 2.94. The average molecular weight is 346 g/mol. The summed E-state index contributed by atoms with van der Waals surface area (Å²) >= 11 is 0. The Bertz CT molecular complexity index is 752. The minimum absolute atomic E-state index is 0.0659. The molecule has 1 heterocycles. The highest BCUT2D eigenvalue weighted by Crippen LogP contribution is 2.22. The maximum atomic E-state index is 12.3. The number of ether oxygens (including phenoxy) is 1. The highest BCUT2D eigenvalue weighted by Gasteiger charge is 2.17. The van der Waals surface area contributed by atoms with Crippen molar-refractivity contribution in [3.05, 3.63) is 34.0 Å². The first-order valence-corrected chi connectivity index (χ1v) is 8.67.